The Morgan fingerprint density at radius 2 is 2.23 bits per heavy atom. The monoisotopic (exact) mass is 306 g/mol. The Kier molecular flexibility index (Phi) is 5.49. The van der Waals surface area contributed by atoms with E-state index < -0.39 is 0 Å². The van der Waals surface area contributed by atoms with Gasteiger partial charge in [-0.1, -0.05) is 5.16 Å². The summed E-state index contributed by atoms with van der Waals surface area (Å²) < 4.78 is 2.92. The number of nitrogens with one attached hydrogen (secondary N) is 1. The van der Waals surface area contributed by atoms with E-state index in [0.29, 0.717) is 17.8 Å². The number of aryl methyl sites for hydroxylation is 1. The van der Waals surface area contributed by atoms with Crippen LogP contribution in [0, 0.1) is 0 Å². The zero-order valence-electron chi connectivity index (χ0n) is 13.5. The van der Waals surface area contributed by atoms with Crippen LogP contribution in [-0.4, -0.2) is 55.0 Å². The van der Waals surface area contributed by atoms with E-state index >= 15 is 0 Å². The van der Waals surface area contributed by atoms with E-state index in [2.05, 4.69) is 17.5 Å². The molecule has 6 heteroatoms. The fourth-order valence-electron chi connectivity index (χ4n) is 3.00. The SMILES string of the molecule is C[n+]1ccc(C(=O)NCCC[N+]2(C)CCCC2)cc1/C=N/O. The maximum atomic E-state index is 12.2. The normalized spacial score (nSPS) is 17.0. The highest BCUT2D eigenvalue weighted by atomic mass is 16.4. The number of nitrogens with zero attached hydrogens (tertiary/aromatic N) is 3. The molecule has 0 atom stereocenters. The molecule has 2 rings (SSSR count). The molecule has 0 saturated carbocycles. The van der Waals surface area contributed by atoms with Crippen molar-refractivity contribution in [2.75, 3.05) is 33.2 Å². The van der Waals surface area contributed by atoms with Gasteiger partial charge in [0.2, 0.25) is 5.69 Å². The second kappa shape index (κ2) is 7.35. The van der Waals surface area contributed by atoms with Crippen molar-refractivity contribution in [2.24, 2.45) is 12.2 Å². The first-order valence-electron chi connectivity index (χ1n) is 7.83. The maximum absolute atomic E-state index is 12.2. The minimum atomic E-state index is -0.0859. The van der Waals surface area contributed by atoms with E-state index in [1.54, 1.807) is 22.9 Å². The fourth-order valence-corrected chi connectivity index (χ4v) is 3.00. The maximum Gasteiger partial charge on any atom is 0.251 e. The van der Waals surface area contributed by atoms with E-state index in [1.165, 1.54) is 32.1 Å². The molecule has 0 aliphatic carbocycles. The third kappa shape index (κ3) is 4.27. The molecule has 0 aromatic carbocycles. The molecule has 1 aliphatic heterocycles. The van der Waals surface area contributed by atoms with Crippen molar-refractivity contribution in [3.05, 3.63) is 29.6 Å². The van der Waals surface area contributed by atoms with Crippen molar-refractivity contribution in [1.29, 1.82) is 0 Å². The molecule has 0 unspecified atom stereocenters. The van der Waals surface area contributed by atoms with Gasteiger partial charge in [-0.25, -0.2) is 4.57 Å². The zero-order valence-corrected chi connectivity index (χ0v) is 13.5. The molecule has 2 heterocycles. The Hall–Kier alpha value is -1.95. The molecule has 1 aromatic rings. The lowest BCUT2D eigenvalue weighted by atomic mass is 10.2. The number of oxime groups is 1. The van der Waals surface area contributed by atoms with Crippen LogP contribution >= 0.6 is 0 Å². The molecule has 1 saturated heterocycles. The first kappa shape index (κ1) is 16.4. The third-order valence-electron chi connectivity index (χ3n) is 4.45. The van der Waals surface area contributed by atoms with Crippen LogP contribution in [0.15, 0.2) is 23.5 Å². The highest BCUT2D eigenvalue weighted by molar-refractivity contribution is 5.95. The number of likely N-dealkylation sites (tertiary alicyclic amines) is 1. The lowest BCUT2D eigenvalue weighted by molar-refractivity contribution is -0.897. The van der Waals surface area contributed by atoms with Crippen molar-refractivity contribution < 1.29 is 19.1 Å². The van der Waals surface area contributed by atoms with Crippen LogP contribution in [-0.2, 0) is 7.05 Å². The predicted octanol–water partition coefficient (Wildman–Crippen LogP) is 0.680. The number of hydrogen-bond donors (Lipinski definition) is 2. The molecule has 0 spiro atoms. The number of hydrogen-bond acceptors (Lipinski definition) is 3. The molecule has 1 fully saturated rings. The van der Waals surface area contributed by atoms with Gasteiger partial charge < -0.3 is 15.0 Å². The smallest absolute Gasteiger partial charge is 0.251 e. The molecule has 6 nitrogen and oxygen atoms in total. The fraction of sp³-hybridized carbons (Fsp3) is 0.562. The molecule has 1 aliphatic rings. The standard InChI is InChI=1S/C16H24N4O2/c1-19-8-6-14(12-15(19)13-18-22)16(21)17-7-5-11-20(2)9-3-4-10-20/h6,8,12-13H,3-5,7,9-11H2,1-2H3/p+2. The van der Waals surface area contributed by atoms with Crippen LogP contribution < -0.4 is 9.88 Å². The summed E-state index contributed by atoms with van der Waals surface area (Å²) in [6.45, 7) is 4.32. The van der Waals surface area contributed by atoms with Crippen LogP contribution in [0.5, 0.6) is 0 Å². The number of carbonyl (C=O) groups excluding carboxylic acids is 1. The second-order valence-electron chi connectivity index (χ2n) is 6.30. The van der Waals surface area contributed by atoms with Crippen molar-refractivity contribution >= 4 is 12.1 Å². The van der Waals surface area contributed by atoms with E-state index in [1.807, 2.05) is 7.05 Å². The predicted molar refractivity (Wildman–Crippen MR) is 84.0 cm³/mol. The van der Waals surface area contributed by atoms with E-state index in [-0.39, 0.29) is 5.91 Å². The number of carbonyl (C=O) groups is 1. The molecule has 120 valence electrons. The molecule has 0 bridgehead atoms. The van der Waals surface area contributed by atoms with E-state index in [0.717, 1.165) is 17.4 Å². The number of aromatic nitrogens is 1. The van der Waals surface area contributed by atoms with Crippen molar-refractivity contribution in [1.82, 2.24) is 5.32 Å². The van der Waals surface area contributed by atoms with Gasteiger partial charge >= 0.3 is 0 Å². The molecular formula is C16H26N4O2+2. The summed E-state index contributed by atoms with van der Waals surface area (Å²) in [5.41, 5.74) is 1.25. The Balaban J connectivity index is 1.83. The van der Waals surface area contributed by atoms with Gasteiger partial charge in [-0.05, 0) is 0 Å². The van der Waals surface area contributed by atoms with Gasteiger partial charge in [0.1, 0.15) is 13.3 Å². The zero-order chi connectivity index (χ0) is 16.0. The van der Waals surface area contributed by atoms with Crippen LogP contribution in [0.25, 0.3) is 0 Å². The largest absolute Gasteiger partial charge is 0.411 e. The van der Waals surface area contributed by atoms with E-state index in [4.69, 9.17) is 5.21 Å². The molecule has 1 aromatic heterocycles. The number of rotatable bonds is 6. The second-order valence-corrected chi connectivity index (χ2v) is 6.30. The first-order chi connectivity index (χ1) is 10.5. The minimum Gasteiger partial charge on any atom is -0.411 e. The summed E-state index contributed by atoms with van der Waals surface area (Å²) >= 11 is 0. The molecule has 2 N–H and O–H groups in total. The van der Waals surface area contributed by atoms with Gasteiger partial charge in [-0.2, -0.15) is 0 Å². The average molecular weight is 306 g/mol. The Labute approximate surface area is 131 Å². The Morgan fingerprint density at radius 3 is 2.91 bits per heavy atom. The summed E-state index contributed by atoms with van der Waals surface area (Å²) in [6.07, 6.45) is 6.73. The highest BCUT2D eigenvalue weighted by Gasteiger charge is 2.25. The summed E-state index contributed by atoms with van der Waals surface area (Å²) in [6, 6.07) is 3.47. The number of quaternary nitrogens is 1. The average Bonchev–Trinajstić information content (AvgIpc) is 2.93. The van der Waals surface area contributed by atoms with Gasteiger partial charge in [-0.15, -0.1) is 0 Å². The molecule has 1 amide bonds. The van der Waals surface area contributed by atoms with Crippen molar-refractivity contribution in [2.45, 2.75) is 19.3 Å². The van der Waals surface area contributed by atoms with Gasteiger partial charge in [0.25, 0.3) is 5.91 Å². The van der Waals surface area contributed by atoms with Gasteiger partial charge in [-0.3, -0.25) is 4.79 Å². The number of amides is 1. The molecule has 0 radical (unpaired) electrons. The summed E-state index contributed by atoms with van der Waals surface area (Å²) in [7, 11) is 4.13. The quantitative estimate of drug-likeness (QED) is 0.203. The lowest BCUT2D eigenvalue weighted by Gasteiger charge is -2.29. The lowest BCUT2D eigenvalue weighted by Crippen LogP contribution is -2.42. The molecular weight excluding hydrogens is 280 g/mol. The number of pyridine rings is 1. The van der Waals surface area contributed by atoms with Crippen LogP contribution in [0.1, 0.15) is 35.3 Å². The van der Waals surface area contributed by atoms with Crippen LogP contribution in [0.4, 0.5) is 0 Å². The topological polar surface area (TPSA) is 65.6 Å². The van der Waals surface area contributed by atoms with E-state index in [9.17, 15) is 4.79 Å². The van der Waals surface area contributed by atoms with Crippen molar-refractivity contribution in [3.63, 3.8) is 0 Å². The minimum absolute atomic E-state index is 0.0859. The summed E-state index contributed by atoms with van der Waals surface area (Å²) in [4.78, 5) is 12.2. The van der Waals surface area contributed by atoms with Crippen LogP contribution in [0.3, 0.4) is 0 Å². The summed E-state index contributed by atoms with van der Waals surface area (Å²) in [5, 5.41) is 14.6. The molecule has 22 heavy (non-hydrogen) atoms. The Bertz CT molecular complexity index is 551. The summed E-state index contributed by atoms with van der Waals surface area (Å²) in [5.74, 6) is -0.0859. The van der Waals surface area contributed by atoms with Gasteiger partial charge in [0.05, 0.1) is 32.2 Å². The van der Waals surface area contributed by atoms with Gasteiger partial charge in [0.15, 0.2) is 6.20 Å². The highest BCUT2D eigenvalue weighted by Crippen LogP contribution is 2.16. The third-order valence-corrected chi connectivity index (χ3v) is 4.45. The van der Waals surface area contributed by atoms with Crippen LogP contribution in [0.2, 0.25) is 0 Å². The Morgan fingerprint density at radius 1 is 1.50 bits per heavy atom. The van der Waals surface area contributed by atoms with Gasteiger partial charge in [0, 0.05) is 37.9 Å². The van der Waals surface area contributed by atoms with Crippen molar-refractivity contribution in [3.8, 4) is 0 Å². The first-order valence-corrected chi connectivity index (χ1v) is 7.83.